The lowest BCUT2D eigenvalue weighted by atomic mass is 10.1. The Bertz CT molecular complexity index is 917. The number of benzene rings is 1. The molecule has 0 atom stereocenters. The minimum Gasteiger partial charge on any atom is -0.497 e. The zero-order chi connectivity index (χ0) is 21.7. The highest BCUT2D eigenvalue weighted by molar-refractivity contribution is 6.52. The van der Waals surface area contributed by atoms with Crippen LogP contribution in [0.1, 0.15) is 16.1 Å². The van der Waals surface area contributed by atoms with E-state index in [2.05, 4.69) is 9.72 Å². The maximum atomic E-state index is 13.1. The van der Waals surface area contributed by atoms with Gasteiger partial charge in [-0.2, -0.15) is 0 Å². The minimum atomic E-state index is -0.692. The van der Waals surface area contributed by atoms with Crippen molar-refractivity contribution in [3.05, 3.63) is 49.7 Å². The molecule has 0 fully saturated rings. The van der Waals surface area contributed by atoms with Gasteiger partial charge in [-0.3, -0.25) is 9.59 Å². The van der Waals surface area contributed by atoms with E-state index in [4.69, 9.17) is 55.9 Å². The van der Waals surface area contributed by atoms with Crippen LogP contribution in [0.4, 0.5) is 0 Å². The number of amides is 1. The molecular weight excluding hydrogens is 466 g/mol. The molecular formula is C18H16Cl4N2O5. The molecule has 0 unspecified atom stereocenters. The van der Waals surface area contributed by atoms with Gasteiger partial charge in [0.2, 0.25) is 0 Å². The maximum absolute atomic E-state index is 13.1. The van der Waals surface area contributed by atoms with Crippen LogP contribution in [0, 0.1) is 0 Å². The second-order valence-electron chi connectivity index (χ2n) is 5.65. The molecule has 0 radical (unpaired) electrons. The molecule has 0 saturated heterocycles. The predicted molar refractivity (Wildman–Crippen MR) is 111 cm³/mol. The van der Waals surface area contributed by atoms with Crippen molar-refractivity contribution in [1.29, 1.82) is 0 Å². The number of ether oxygens (including phenoxy) is 3. The predicted octanol–water partition coefficient (Wildman–Crippen LogP) is 4.53. The van der Waals surface area contributed by atoms with E-state index in [0.29, 0.717) is 17.1 Å². The molecule has 7 nitrogen and oxygen atoms in total. The highest BCUT2D eigenvalue weighted by atomic mass is 35.5. The zero-order valence-electron chi connectivity index (χ0n) is 15.6. The van der Waals surface area contributed by atoms with E-state index in [0.717, 1.165) is 0 Å². The lowest BCUT2D eigenvalue weighted by Crippen LogP contribution is -2.36. The van der Waals surface area contributed by atoms with Crippen LogP contribution in [0.3, 0.4) is 0 Å². The van der Waals surface area contributed by atoms with E-state index in [9.17, 15) is 9.59 Å². The molecule has 29 heavy (non-hydrogen) atoms. The molecule has 0 spiro atoms. The molecule has 0 aliphatic carbocycles. The number of rotatable bonds is 7. The standard InChI is InChI=1S/C18H16Cl4N2O5/c1-27-10-4-9(5-11(6-10)28-2)7-24(8-12(25)29-3)18(26)16-14(20)13(19)15(21)17(22)23-16/h4-6H,7-8H2,1-3H3. The summed E-state index contributed by atoms with van der Waals surface area (Å²) in [7, 11) is 4.20. The average molecular weight is 482 g/mol. The van der Waals surface area contributed by atoms with E-state index in [1.54, 1.807) is 18.2 Å². The van der Waals surface area contributed by atoms with Gasteiger partial charge in [-0.15, -0.1) is 0 Å². The summed E-state index contributed by atoms with van der Waals surface area (Å²) in [4.78, 5) is 30.1. The second-order valence-corrected chi connectivity index (χ2v) is 7.14. The van der Waals surface area contributed by atoms with Gasteiger partial charge in [0.05, 0.1) is 36.4 Å². The number of hydrogen-bond donors (Lipinski definition) is 0. The van der Waals surface area contributed by atoms with E-state index in [-0.39, 0.29) is 39.0 Å². The summed E-state index contributed by atoms with van der Waals surface area (Å²) in [6.45, 7) is -0.373. The molecule has 156 valence electrons. The number of methoxy groups -OCH3 is 3. The van der Waals surface area contributed by atoms with Crippen LogP contribution in [0.15, 0.2) is 18.2 Å². The topological polar surface area (TPSA) is 78.0 Å². The van der Waals surface area contributed by atoms with Gasteiger partial charge in [0.15, 0.2) is 0 Å². The van der Waals surface area contributed by atoms with Crippen molar-refractivity contribution >= 4 is 58.3 Å². The first kappa shape index (κ1) is 23.3. The normalized spacial score (nSPS) is 10.4. The van der Waals surface area contributed by atoms with E-state index >= 15 is 0 Å². The maximum Gasteiger partial charge on any atom is 0.325 e. The van der Waals surface area contributed by atoms with E-state index in [1.165, 1.54) is 26.2 Å². The fourth-order valence-electron chi connectivity index (χ4n) is 2.38. The van der Waals surface area contributed by atoms with Crippen molar-refractivity contribution in [2.24, 2.45) is 0 Å². The Morgan fingerprint density at radius 1 is 0.931 bits per heavy atom. The van der Waals surface area contributed by atoms with Crippen LogP contribution in [0.25, 0.3) is 0 Å². The summed E-state index contributed by atoms with van der Waals surface area (Å²) in [6.07, 6.45) is 0. The van der Waals surface area contributed by atoms with E-state index < -0.39 is 11.9 Å². The van der Waals surface area contributed by atoms with Crippen LogP contribution < -0.4 is 9.47 Å². The number of carbonyl (C=O) groups is 2. The van der Waals surface area contributed by atoms with Gasteiger partial charge in [-0.05, 0) is 17.7 Å². The van der Waals surface area contributed by atoms with Crippen molar-refractivity contribution in [3.63, 3.8) is 0 Å². The molecule has 1 heterocycles. The SMILES string of the molecule is COC(=O)CN(Cc1cc(OC)cc(OC)c1)C(=O)c1nc(Cl)c(Cl)c(Cl)c1Cl. The summed E-state index contributed by atoms with van der Waals surface area (Å²) in [5, 5.41) is -0.556. The zero-order valence-corrected chi connectivity index (χ0v) is 18.6. The molecule has 1 amide bonds. The number of hydrogen-bond acceptors (Lipinski definition) is 6. The van der Waals surface area contributed by atoms with Gasteiger partial charge in [0.1, 0.15) is 28.9 Å². The van der Waals surface area contributed by atoms with Crippen LogP contribution >= 0.6 is 46.4 Å². The smallest absolute Gasteiger partial charge is 0.325 e. The third-order valence-corrected chi connectivity index (χ3v) is 5.48. The van der Waals surface area contributed by atoms with Crippen LogP contribution in [-0.2, 0) is 16.1 Å². The number of nitrogens with zero attached hydrogens (tertiary/aromatic N) is 2. The van der Waals surface area contributed by atoms with Crippen LogP contribution in [-0.4, -0.2) is 49.6 Å². The third kappa shape index (κ3) is 5.57. The number of carbonyl (C=O) groups excluding carboxylic acids is 2. The summed E-state index contributed by atoms with van der Waals surface area (Å²) < 4.78 is 15.1. The Kier molecular flexibility index (Phi) is 8.22. The first-order valence-electron chi connectivity index (χ1n) is 7.99. The van der Waals surface area contributed by atoms with Gasteiger partial charge in [-0.25, -0.2) is 4.98 Å². The van der Waals surface area contributed by atoms with Crippen LogP contribution in [0.5, 0.6) is 11.5 Å². The molecule has 0 aliphatic heterocycles. The Morgan fingerprint density at radius 2 is 1.52 bits per heavy atom. The van der Waals surface area contributed by atoms with E-state index in [1.807, 2.05) is 0 Å². The highest BCUT2D eigenvalue weighted by Crippen LogP contribution is 2.36. The first-order chi connectivity index (χ1) is 13.7. The van der Waals surface area contributed by atoms with Crippen molar-refractivity contribution in [2.75, 3.05) is 27.9 Å². The molecule has 0 aliphatic rings. The highest BCUT2D eigenvalue weighted by Gasteiger charge is 2.27. The third-order valence-electron chi connectivity index (χ3n) is 3.81. The number of esters is 1. The first-order valence-corrected chi connectivity index (χ1v) is 9.51. The average Bonchev–Trinajstić information content (AvgIpc) is 2.73. The van der Waals surface area contributed by atoms with Crippen molar-refractivity contribution in [3.8, 4) is 11.5 Å². The summed E-state index contributed by atoms with van der Waals surface area (Å²) in [5.74, 6) is -0.310. The summed E-state index contributed by atoms with van der Waals surface area (Å²) in [5.41, 5.74) is 0.380. The molecule has 0 saturated carbocycles. The summed E-state index contributed by atoms with van der Waals surface area (Å²) >= 11 is 24.0. The fourth-order valence-corrected chi connectivity index (χ4v) is 3.19. The molecule has 1 aromatic carbocycles. The molecule has 2 rings (SSSR count). The lowest BCUT2D eigenvalue weighted by molar-refractivity contribution is -0.141. The largest absolute Gasteiger partial charge is 0.497 e. The van der Waals surface area contributed by atoms with Crippen LogP contribution in [0.2, 0.25) is 20.2 Å². The Balaban J connectivity index is 2.46. The molecule has 11 heteroatoms. The second kappa shape index (κ2) is 10.2. The Hall–Kier alpha value is -1.93. The van der Waals surface area contributed by atoms with Gasteiger partial charge in [-0.1, -0.05) is 46.4 Å². The Labute approximate surface area is 187 Å². The molecule has 0 bridgehead atoms. The lowest BCUT2D eigenvalue weighted by Gasteiger charge is -2.22. The number of aromatic nitrogens is 1. The van der Waals surface area contributed by atoms with Crippen molar-refractivity contribution in [1.82, 2.24) is 9.88 Å². The number of halogens is 4. The van der Waals surface area contributed by atoms with Crippen molar-refractivity contribution < 1.29 is 23.8 Å². The molecule has 1 aromatic heterocycles. The quantitative estimate of drug-likeness (QED) is 0.427. The fraction of sp³-hybridized carbons (Fsp3) is 0.278. The van der Waals surface area contributed by atoms with Gasteiger partial charge in [0.25, 0.3) is 5.91 Å². The number of pyridine rings is 1. The molecule has 2 aromatic rings. The van der Waals surface area contributed by atoms with Gasteiger partial charge < -0.3 is 19.1 Å². The monoisotopic (exact) mass is 480 g/mol. The summed E-state index contributed by atoms with van der Waals surface area (Å²) in [6, 6.07) is 5.06. The van der Waals surface area contributed by atoms with Gasteiger partial charge >= 0.3 is 5.97 Å². The van der Waals surface area contributed by atoms with Gasteiger partial charge in [0, 0.05) is 12.6 Å². The van der Waals surface area contributed by atoms with Crippen molar-refractivity contribution in [2.45, 2.75) is 6.54 Å². The minimum absolute atomic E-state index is 0.00261. The molecule has 0 N–H and O–H groups in total. The Morgan fingerprint density at radius 3 is 2.03 bits per heavy atom.